The molecule has 0 saturated carbocycles. The van der Waals surface area contributed by atoms with Gasteiger partial charge in [-0.15, -0.1) is 0 Å². The Morgan fingerprint density at radius 2 is 1.27 bits per heavy atom. The van der Waals surface area contributed by atoms with Crippen molar-refractivity contribution in [1.29, 1.82) is 0 Å². The number of aliphatic hydroxyl groups excluding tert-OH is 2. The molecule has 10 nitrogen and oxygen atoms in total. The number of nitrogens with zero attached hydrogens (tertiary/aromatic N) is 3. The lowest BCUT2D eigenvalue weighted by atomic mass is 9.98. The Morgan fingerprint density at radius 3 is 1.75 bits per heavy atom. The minimum absolute atomic E-state index is 0.0336. The average Bonchev–Trinajstić information content (AvgIpc) is 3.46. The second-order valence-electron chi connectivity index (χ2n) is 14.8. The molecule has 0 aliphatic rings. The zero-order valence-corrected chi connectivity index (χ0v) is 33.0. The zero-order valence-electron chi connectivity index (χ0n) is 31.2. The van der Waals surface area contributed by atoms with Gasteiger partial charge in [-0.05, 0) is 28.7 Å². The standard InChI is InChI=1S/C39H55N3O7SSi/c1-29-35(40-38(51(7,8)39(2,3)4)42(29)50(45,46)41(5)6)36(44)37(49-27-32-22-16-11-17-23-32)34(48-26-31-20-14-10-15-21-31)24-33(43)28-47-25-30-18-12-9-13-19-30/h9-23,33-34,36-37,43-44H,24-28H2,1-8H3/t33-,34-,36+,37-/m1/s1. The predicted molar refractivity (Wildman–Crippen MR) is 204 cm³/mol. The number of aromatic nitrogens is 2. The summed E-state index contributed by atoms with van der Waals surface area (Å²) in [5.74, 6) is 0. The van der Waals surface area contributed by atoms with Crippen molar-refractivity contribution in [3.05, 3.63) is 119 Å². The fraction of sp³-hybridized carbons (Fsp3) is 0.462. The van der Waals surface area contributed by atoms with E-state index in [9.17, 15) is 18.6 Å². The van der Waals surface area contributed by atoms with E-state index in [-0.39, 0.29) is 37.0 Å². The van der Waals surface area contributed by atoms with Crippen molar-refractivity contribution in [2.75, 3.05) is 20.7 Å². The van der Waals surface area contributed by atoms with Crippen LogP contribution in [0.25, 0.3) is 0 Å². The molecule has 0 fully saturated rings. The van der Waals surface area contributed by atoms with E-state index in [0.29, 0.717) is 17.7 Å². The van der Waals surface area contributed by atoms with Crippen molar-refractivity contribution in [3.63, 3.8) is 0 Å². The molecule has 0 unspecified atom stereocenters. The highest BCUT2D eigenvalue weighted by atomic mass is 32.2. The summed E-state index contributed by atoms with van der Waals surface area (Å²) in [5.41, 5.74) is 3.71. The van der Waals surface area contributed by atoms with Crippen LogP contribution in [0, 0.1) is 6.92 Å². The Bertz CT molecular complexity index is 1760. The van der Waals surface area contributed by atoms with Gasteiger partial charge in [0.05, 0.1) is 50.0 Å². The van der Waals surface area contributed by atoms with Gasteiger partial charge < -0.3 is 24.4 Å². The Hall–Kier alpha value is -3.20. The van der Waals surface area contributed by atoms with E-state index in [2.05, 4.69) is 33.9 Å². The maximum atomic E-state index is 13.9. The van der Waals surface area contributed by atoms with Gasteiger partial charge in [-0.3, -0.25) is 0 Å². The highest BCUT2D eigenvalue weighted by Gasteiger charge is 2.46. The van der Waals surface area contributed by atoms with Crippen molar-refractivity contribution in [1.82, 2.24) is 13.3 Å². The van der Waals surface area contributed by atoms with Crippen LogP contribution in [0.4, 0.5) is 0 Å². The summed E-state index contributed by atoms with van der Waals surface area (Å²) in [6, 6.07) is 28.9. The second-order valence-corrected chi connectivity index (χ2v) is 22.0. The molecular formula is C39H55N3O7SSi. The summed E-state index contributed by atoms with van der Waals surface area (Å²) in [5, 5.41) is 23.4. The average molecular weight is 738 g/mol. The topological polar surface area (TPSA) is 123 Å². The van der Waals surface area contributed by atoms with Gasteiger partial charge in [0.2, 0.25) is 0 Å². The van der Waals surface area contributed by atoms with Gasteiger partial charge in [0.25, 0.3) is 0 Å². The summed E-state index contributed by atoms with van der Waals surface area (Å²) in [6.45, 7) is 12.8. The molecule has 2 N–H and O–H groups in total. The molecule has 1 heterocycles. The third-order valence-electron chi connectivity index (χ3n) is 9.70. The molecule has 1 aromatic heterocycles. The van der Waals surface area contributed by atoms with Crippen molar-refractivity contribution < 1.29 is 32.8 Å². The number of imidazole rings is 1. The minimum Gasteiger partial charge on any atom is -0.391 e. The van der Waals surface area contributed by atoms with E-state index in [1.54, 1.807) is 6.92 Å². The van der Waals surface area contributed by atoms with E-state index in [0.717, 1.165) is 21.0 Å². The summed E-state index contributed by atoms with van der Waals surface area (Å²) in [4.78, 5) is 4.98. The maximum absolute atomic E-state index is 13.9. The first kappa shape index (κ1) is 40.6. The maximum Gasteiger partial charge on any atom is 0.308 e. The van der Waals surface area contributed by atoms with Gasteiger partial charge >= 0.3 is 10.2 Å². The lowest BCUT2D eigenvalue weighted by Crippen LogP contribution is -2.56. The van der Waals surface area contributed by atoms with Gasteiger partial charge in [-0.1, -0.05) is 125 Å². The smallest absolute Gasteiger partial charge is 0.308 e. The number of hydrogen-bond donors (Lipinski definition) is 2. The van der Waals surface area contributed by atoms with E-state index >= 15 is 0 Å². The van der Waals surface area contributed by atoms with Crippen LogP contribution >= 0.6 is 0 Å². The normalized spacial score (nSPS) is 15.1. The monoisotopic (exact) mass is 737 g/mol. The van der Waals surface area contributed by atoms with Crippen LogP contribution < -0.4 is 5.45 Å². The molecule has 0 radical (unpaired) electrons. The highest BCUT2D eigenvalue weighted by Crippen LogP contribution is 2.37. The largest absolute Gasteiger partial charge is 0.391 e. The first-order valence-corrected chi connectivity index (χ1v) is 21.7. The molecule has 0 saturated heterocycles. The van der Waals surface area contributed by atoms with Gasteiger partial charge in [0.15, 0.2) is 0 Å². The molecule has 4 aromatic rings. The lowest BCUT2D eigenvalue weighted by Gasteiger charge is -2.36. The summed E-state index contributed by atoms with van der Waals surface area (Å²) in [7, 11) is -3.63. The van der Waals surface area contributed by atoms with Gasteiger partial charge in [-0.2, -0.15) is 12.7 Å². The third-order valence-corrected chi connectivity index (χ3v) is 16.9. The Balaban J connectivity index is 1.76. The SMILES string of the molecule is Cc1c([C@H](O)[C@H](OCc2ccccc2)[C@@H](C[C@@H](O)COCc2ccccc2)OCc2ccccc2)nc([Si](C)(C)C(C)(C)C)n1S(=O)(=O)N(C)C. The van der Waals surface area contributed by atoms with Crippen molar-refractivity contribution >= 4 is 23.7 Å². The van der Waals surface area contributed by atoms with E-state index in [1.165, 1.54) is 18.1 Å². The second kappa shape index (κ2) is 17.5. The van der Waals surface area contributed by atoms with Crippen molar-refractivity contribution in [3.8, 4) is 0 Å². The molecule has 0 spiro atoms. The van der Waals surface area contributed by atoms with Crippen molar-refractivity contribution in [2.24, 2.45) is 0 Å². The fourth-order valence-corrected chi connectivity index (χ4v) is 9.38. The van der Waals surface area contributed by atoms with E-state index in [4.69, 9.17) is 19.2 Å². The van der Waals surface area contributed by atoms with Gasteiger partial charge in [-0.25, -0.2) is 8.96 Å². The Kier molecular flexibility index (Phi) is 14.0. The van der Waals surface area contributed by atoms with E-state index in [1.807, 2.05) is 91.0 Å². The number of rotatable bonds is 18. The summed E-state index contributed by atoms with van der Waals surface area (Å²) < 4.78 is 49.2. The molecule has 0 aliphatic heterocycles. The number of hydrogen-bond acceptors (Lipinski definition) is 8. The molecule has 278 valence electrons. The third kappa shape index (κ3) is 10.2. The predicted octanol–water partition coefficient (Wildman–Crippen LogP) is 5.73. The molecule has 4 rings (SSSR count). The first-order chi connectivity index (χ1) is 24.0. The van der Waals surface area contributed by atoms with Crippen LogP contribution in [0.15, 0.2) is 91.0 Å². The summed E-state index contributed by atoms with van der Waals surface area (Å²) >= 11 is 0. The first-order valence-electron chi connectivity index (χ1n) is 17.4. The number of aliphatic hydroxyl groups is 2. The van der Waals surface area contributed by atoms with Crippen LogP contribution in [0.2, 0.25) is 18.1 Å². The zero-order chi connectivity index (χ0) is 37.4. The van der Waals surface area contributed by atoms with Crippen LogP contribution in [-0.4, -0.2) is 79.0 Å². The molecule has 12 heteroatoms. The van der Waals surface area contributed by atoms with Crippen LogP contribution in [-0.2, 0) is 44.2 Å². The highest BCUT2D eigenvalue weighted by molar-refractivity contribution is 7.87. The van der Waals surface area contributed by atoms with Gasteiger partial charge in [0, 0.05) is 20.5 Å². The molecular weight excluding hydrogens is 683 g/mol. The molecule has 4 atom stereocenters. The molecule has 51 heavy (non-hydrogen) atoms. The number of ether oxygens (including phenoxy) is 3. The fourth-order valence-electron chi connectivity index (χ4n) is 5.58. The Morgan fingerprint density at radius 1 is 0.804 bits per heavy atom. The molecule has 0 bridgehead atoms. The van der Waals surface area contributed by atoms with Crippen molar-refractivity contribution in [2.45, 2.75) is 96.5 Å². The lowest BCUT2D eigenvalue weighted by molar-refractivity contribution is -0.147. The van der Waals surface area contributed by atoms with E-state index < -0.39 is 42.7 Å². The quantitative estimate of drug-likeness (QED) is 0.124. The molecule has 0 aliphatic carbocycles. The van der Waals surface area contributed by atoms with Crippen LogP contribution in [0.1, 0.15) is 61.4 Å². The minimum atomic E-state index is -4.01. The van der Waals surface area contributed by atoms with Crippen LogP contribution in [0.5, 0.6) is 0 Å². The summed E-state index contributed by atoms with van der Waals surface area (Å²) in [6.07, 6.45) is -4.18. The molecule has 3 aromatic carbocycles. The van der Waals surface area contributed by atoms with Gasteiger partial charge in [0.1, 0.15) is 25.7 Å². The Labute approximate surface area is 305 Å². The number of benzene rings is 3. The molecule has 0 amide bonds. The van der Waals surface area contributed by atoms with Crippen LogP contribution in [0.3, 0.4) is 0 Å².